The van der Waals surface area contributed by atoms with Crippen LogP contribution in [0.2, 0.25) is 0 Å². The smallest absolute Gasteiger partial charge is 0.416 e. The van der Waals surface area contributed by atoms with E-state index in [4.69, 9.17) is 10.2 Å². The number of benzene rings is 1. The molecule has 0 aliphatic heterocycles. The Kier molecular flexibility index (Phi) is 3.78. The number of carboxylic acids is 1. The molecule has 0 heterocycles. The third-order valence-corrected chi connectivity index (χ3v) is 2.75. The number of halogens is 5. The highest BCUT2D eigenvalue weighted by atomic mass is 79.9. The van der Waals surface area contributed by atoms with Gasteiger partial charge in [0.05, 0.1) is 10.0 Å². The van der Waals surface area contributed by atoms with Gasteiger partial charge in [0.2, 0.25) is 0 Å². The second kappa shape index (κ2) is 4.61. The summed E-state index contributed by atoms with van der Waals surface area (Å²) < 4.78 is 49.9. The monoisotopic (exact) mass is 316 g/mol. The maximum absolute atomic E-state index is 13.1. The summed E-state index contributed by atoms with van der Waals surface area (Å²) in [6.07, 6.45) is -7.35. The van der Waals surface area contributed by atoms with Crippen molar-refractivity contribution >= 4 is 21.9 Å². The summed E-state index contributed by atoms with van der Waals surface area (Å²) in [5.74, 6) is -2.99. The fraction of sp³-hybridized carbons (Fsp3) is 0.222. The van der Waals surface area contributed by atoms with Gasteiger partial charge in [-0.3, -0.25) is 0 Å². The zero-order chi connectivity index (χ0) is 13.4. The normalized spacial score (nSPS) is 13.5. The molecular formula is C9H5BrF4O3. The molecular weight excluding hydrogens is 312 g/mol. The molecule has 0 aliphatic carbocycles. The van der Waals surface area contributed by atoms with Gasteiger partial charge >= 0.3 is 12.1 Å². The van der Waals surface area contributed by atoms with Gasteiger partial charge in [0.25, 0.3) is 0 Å². The van der Waals surface area contributed by atoms with Gasteiger partial charge in [0.15, 0.2) is 6.10 Å². The van der Waals surface area contributed by atoms with Crippen LogP contribution in [0.15, 0.2) is 16.6 Å². The van der Waals surface area contributed by atoms with Crippen molar-refractivity contribution in [2.75, 3.05) is 0 Å². The molecule has 0 saturated heterocycles. The van der Waals surface area contributed by atoms with E-state index in [2.05, 4.69) is 15.9 Å². The highest BCUT2D eigenvalue weighted by Crippen LogP contribution is 2.39. The molecule has 3 nitrogen and oxygen atoms in total. The highest BCUT2D eigenvalue weighted by Gasteiger charge is 2.38. The minimum Gasteiger partial charge on any atom is -0.479 e. The van der Waals surface area contributed by atoms with Crippen molar-refractivity contribution in [2.24, 2.45) is 0 Å². The molecule has 0 aliphatic rings. The van der Waals surface area contributed by atoms with Gasteiger partial charge in [-0.1, -0.05) is 0 Å². The molecule has 0 saturated carbocycles. The molecule has 0 amide bonds. The van der Waals surface area contributed by atoms with Gasteiger partial charge in [-0.05, 0) is 28.1 Å². The lowest BCUT2D eigenvalue weighted by atomic mass is 10.0. The Balaban J connectivity index is 3.53. The van der Waals surface area contributed by atoms with E-state index in [1.807, 2.05) is 0 Å². The first-order valence-corrected chi connectivity index (χ1v) is 4.91. The average molecular weight is 317 g/mol. The largest absolute Gasteiger partial charge is 0.479 e. The van der Waals surface area contributed by atoms with Crippen molar-refractivity contribution in [1.82, 2.24) is 0 Å². The molecule has 1 rings (SSSR count). The fourth-order valence-electron chi connectivity index (χ4n) is 1.20. The second-order valence-corrected chi connectivity index (χ2v) is 3.85. The Bertz CT molecular complexity index is 458. The average Bonchev–Trinajstić information content (AvgIpc) is 2.19. The Labute approximate surface area is 101 Å². The van der Waals surface area contributed by atoms with Gasteiger partial charge in [-0.2, -0.15) is 13.2 Å². The molecule has 0 radical (unpaired) electrons. The maximum atomic E-state index is 13.1. The van der Waals surface area contributed by atoms with E-state index in [-0.39, 0.29) is 0 Å². The number of carbonyl (C=O) groups is 1. The van der Waals surface area contributed by atoms with Crippen LogP contribution in [0, 0.1) is 5.82 Å². The van der Waals surface area contributed by atoms with Crippen LogP contribution in [0.4, 0.5) is 17.6 Å². The van der Waals surface area contributed by atoms with Crippen LogP contribution in [-0.2, 0) is 11.0 Å². The number of rotatable bonds is 2. The van der Waals surface area contributed by atoms with Crippen LogP contribution in [0.5, 0.6) is 0 Å². The number of alkyl halides is 3. The summed E-state index contributed by atoms with van der Waals surface area (Å²) in [7, 11) is 0. The van der Waals surface area contributed by atoms with Crippen LogP contribution >= 0.6 is 15.9 Å². The zero-order valence-electron chi connectivity index (χ0n) is 7.92. The van der Waals surface area contributed by atoms with Crippen molar-refractivity contribution in [3.63, 3.8) is 0 Å². The van der Waals surface area contributed by atoms with E-state index < -0.39 is 39.7 Å². The summed E-state index contributed by atoms with van der Waals surface area (Å²) in [4.78, 5) is 10.5. The van der Waals surface area contributed by atoms with Crippen LogP contribution < -0.4 is 0 Å². The standard InChI is InChI=1S/C9H5BrF4O3/c10-6-4(11)2-1-3(9(12,13)14)5(6)7(15)8(16)17/h1-2,7,15H,(H,16,17). The summed E-state index contributed by atoms with van der Waals surface area (Å²) in [6.45, 7) is 0. The van der Waals surface area contributed by atoms with Crippen molar-refractivity contribution in [3.8, 4) is 0 Å². The van der Waals surface area contributed by atoms with Gasteiger partial charge in [-0.15, -0.1) is 0 Å². The molecule has 8 heteroatoms. The summed E-state index contributed by atoms with van der Waals surface area (Å²) in [5.41, 5.74) is -2.45. The molecule has 2 N–H and O–H groups in total. The molecule has 1 aromatic rings. The van der Waals surface area contributed by atoms with E-state index in [0.29, 0.717) is 12.1 Å². The second-order valence-electron chi connectivity index (χ2n) is 3.06. The molecule has 1 aromatic carbocycles. The first-order chi connectivity index (χ1) is 7.66. The van der Waals surface area contributed by atoms with E-state index in [0.717, 1.165) is 0 Å². The van der Waals surface area contributed by atoms with Crippen LogP contribution in [0.25, 0.3) is 0 Å². The minimum absolute atomic E-state index is 0.377. The first-order valence-electron chi connectivity index (χ1n) is 4.12. The van der Waals surface area contributed by atoms with E-state index in [1.54, 1.807) is 0 Å². The van der Waals surface area contributed by atoms with Crippen LogP contribution in [0.1, 0.15) is 17.2 Å². The third kappa shape index (κ3) is 2.75. The Morgan fingerprint density at radius 3 is 2.29 bits per heavy atom. The highest BCUT2D eigenvalue weighted by molar-refractivity contribution is 9.10. The summed E-state index contributed by atoms with van der Waals surface area (Å²) in [6, 6.07) is 0.909. The Morgan fingerprint density at radius 1 is 1.35 bits per heavy atom. The maximum Gasteiger partial charge on any atom is 0.416 e. The quantitative estimate of drug-likeness (QED) is 0.825. The number of hydrogen-bond acceptors (Lipinski definition) is 2. The third-order valence-electron chi connectivity index (χ3n) is 1.95. The molecule has 17 heavy (non-hydrogen) atoms. The minimum atomic E-state index is -4.89. The Hall–Kier alpha value is -1.15. The predicted octanol–water partition coefficient (Wildman–Crippen LogP) is 2.73. The molecule has 94 valence electrons. The SMILES string of the molecule is O=C(O)C(O)c1c(C(F)(F)F)ccc(F)c1Br. The van der Waals surface area contributed by atoms with Crippen molar-refractivity contribution in [2.45, 2.75) is 12.3 Å². The molecule has 0 spiro atoms. The van der Waals surface area contributed by atoms with E-state index >= 15 is 0 Å². The lowest BCUT2D eigenvalue weighted by Gasteiger charge is -2.16. The van der Waals surface area contributed by atoms with Crippen LogP contribution in [-0.4, -0.2) is 16.2 Å². The molecule has 0 bridgehead atoms. The summed E-state index contributed by atoms with van der Waals surface area (Å²) >= 11 is 2.49. The number of carboxylic acid groups (broad SMARTS) is 1. The number of aliphatic hydroxyl groups excluding tert-OH is 1. The van der Waals surface area contributed by atoms with Crippen molar-refractivity contribution in [3.05, 3.63) is 33.5 Å². The van der Waals surface area contributed by atoms with Gasteiger partial charge in [-0.25, -0.2) is 9.18 Å². The fourth-order valence-corrected chi connectivity index (χ4v) is 1.77. The predicted molar refractivity (Wildman–Crippen MR) is 51.7 cm³/mol. The molecule has 1 atom stereocenters. The number of aliphatic hydroxyl groups is 1. The molecule has 0 aromatic heterocycles. The lowest BCUT2D eigenvalue weighted by Crippen LogP contribution is -2.18. The van der Waals surface area contributed by atoms with Gasteiger partial charge in [0.1, 0.15) is 5.82 Å². The molecule has 1 unspecified atom stereocenters. The first kappa shape index (κ1) is 13.9. The van der Waals surface area contributed by atoms with Crippen molar-refractivity contribution in [1.29, 1.82) is 0 Å². The zero-order valence-corrected chi connectivity index (χ0v) is 9.51. The lowest BCUT2D eigenvalue weighted by molar-refractivity contribution is -0.149. The van der Waals surface area contributed by atoms with Gasteiger partial charge < -0.3 is 10.2 Å². The number of hydrogen-bond donors (Lipinski definition) is 2. The van der Waals surface area contributed by atoms with E-state index in [1.165, 1.54) is 0 Å². The Morgan fingerprint density at radius 2 is 1.88 bits per heavy atom. The van der Waals surface area contributed by atoms with E-state index in [9.17, 15) is 22.4 Å². The van der Waals surface area contributed by atoms with Crippen molar-refractivity contribution < 1.29 is 32.6 Å². The number of aliphatic carboxylic acids is 1. The van der Waals surface area contributed by atoms with Crippen LogP contribution in [0.3, 0.4) is 0 Å². The van der Waals surface area contributed by atoms with Gasteiger partial charge in [0, 0.05) is 5.56 Å². The topological polar surface area (TPSA) is 57.5 Å². The molecule has 0 fully saturated rings. The summed E-state index contributed by atoms with van der Waals surface area (Å²) in [5, 5.41) is 17.6.